The van der Waals surface area contributed by atoms with Crippen LogP contribution in [0.25, 0.3) is 0 Å². The first-order valence-corrected chi connectivity index (χ1v) is 18.0. The smallest absolute Gasteiger partial charge is 0.115 e. The van der Waals surface area contributed by atoms with Gasteiger partial charge in [-0.05, 0) is 88.3 Å². The summed E-state index contributed by atoms with van der Waals surface area (Å²) in [6.07, 6.45) is 7.55. The van der Waals surface area contributed by atoms with Crippen molar-refractivity contribution < 1.29 is 0 Å². The molecule has 0 bridgehead atoms. The molecule has 0 saturated heterocycles. The molecule has 0 unspecified atom stereocenters. The molecule has 4 heterocycles. The summed E-state index contributed by atoms with van der Waals surface area (Å²) in [6.45, 7) is 34.6. The molecule has 6 nitrogen and oxygen atoms in total. The van der Waals surface area contributed by atoms with Gasteiger partial charge in [0.15, 0.2) is 0 Å². The van der Waals surface area contributed by atoms with Gasteiger partial charge in [-0.15, -0.1) is 0 Å². The molecule has 48 heavy (non-hydrogen) atoms. The molecule has 0 amide bonds. The Balaban J connectivity index is 0.000000320. The highest BCUT2D eigenvalue weighted by Gasteiger charge is 2.06. The molecule has 0 aliphatic heterocycles. The number of hydrogen-bond donors (Lipinski definition) is 0. The van der Waals surface area contributed by atoms with E-state index in [-0.39, 0.29) is 0 Å². The first-order valence-electron chi connectivity index (χ1n) is 18.0. The van der Waals surface area contributed by atoms with Crippen molar-refractivity contribution in [3.8, 4) is 0 Å². The Morgan fingerprint density at radius 1 is 0.333 bits per heavy atom. The molecule has 264 valence electrons. The molecular weight excluding hydrogens is 589 g/mol. The number of aromatic nitrogens is 6. The third-order valence-corrected chi connectivity index (χ3v) is 7.96. The SMILES string of the molecule is CC(C)c1cc(C(C)C)ncn1.CC(C)c1ccc(C(C)C)nc1.CC(C)c1ccc(C(C)C)nn1.CC(C)c1cncc(C(C)C)c1. The maximum absolute atomic E-state index is 4.40. The Kier molecular flexibility index (Phi) is 19.0. The number of rotatable bonds is 8. The van der Waals surface area contributed by atoms with Crippen molar-refractivity contribution in [1.82, 2.24) is 30.1 Å². The third-order valence-electron chi connectivity index (χ3n) is 7.96. The van der Waals surface area contributed by atoms with E-state index in [1.54, 1.807) is 6.33 Å². The quantitative estimate of drug-likeness (QED) is 0.188. The van der Waals surface area contributed by atoms with Gasteiger partial charge >= 0.3 is 0 Å². The molecule has 0 aromatic carbocycles. The van der Waals surface area contributed by atoms with Gasteiger partial charge in [-0.1, -0.05) is 123 Å². The fraction of sp³-hybridized carbons (Fsp3) is 0.571. The highest BCUT2D eigenvalue weighted by atomic mass is 15.1. The summed E-state index contributed by atoms with van der Waals surface area (Å²) < 4.78 is 0. The molecule has 0 saturated carbocycles. The molecule has 4 rings (SSSR count). The van der Waals surface area contributed by atoms with Gasteiger partial charge in [0.25, 0.3) is 0 Å². The maximum atomic E-state index is 4.40. The number of hydrogen-bond acceptors (Lipinski definition) is 6. The van der Waals surface area contributed by atoms with Crippen LogP contribution in [0.15, 0.2) is 61.3 Å². The van der Waals surface area contributed by atoms with Crippen LogP contribution in [0.3, 0.4) is 0 Å². The van der Waals surface area contributed by atoms with E-state index in [0.29, 0.717) is 47.3 Å². The highest BCUT2D eigenvalue weighted by molar-refractivity contribution is 5.23. The van der Waals surface area contributed by atoms with Crippen LogP contribution in [0.1, 0.15) is 203 Å². The molecule has 0 aliphatic rings. The van der Waals surface area contributed by atoms with Gasteiger partial charge in [-0.3, -0.25) is 9.97 Å². The van der Waals surface area contributed by atoms with Crippen molar-refractivity contribution in [3.63, 3.8) is 0 Å². The van der Waals surface area contributed by atoms with Gasteiger partial charge < -0.3 is 0 Å². The summed E-state index contributed by atoms with van der Waals surface area (Å²) >= 11 is 0. The monoisotopic (exact) mass is 655 g/mol. The molecule has 6 heteroatoms. The molecule has 0 N–H and O–H groups in total. The normalized spacial score (nSPS) is 11.2. The van der Waals surface area contributed by atoms with Crippen LogP contribution in [0.2, 0.25) is 0 Å². The summed E-state index contributed by atoms with van der Waals surface area (Å²) in [5, 5.41) is 8.30. The van der Waals surface area contributed by atoms with Gasteiger partial charge in [0.1, 0.15) is 6.33 Å². The van der Waals surface area contributed by atoms with Gasteiger partial charge in [0.05, 0.1) is 11.4 Å². The van der Waals surface area contributed by atoms with E-state index in [4.69, 9.17) is 0 Å². The average molecular weight is 655 g/mol. The Morgan fingerprint density at radius 2 is 0.708 bits per heavy atom. The summed E-state index contributed by atoms with van der Waals surface area (Å²) in [7, 11) is 0. The summed E-state index contributed by atoms with van der Waals surface area (Å²) in [5.41, 5.74) is 9.57. The predicted molar refractivity (Wildman–Crippen MR) is 205 cm³/mol. The zero-order valence-corrected chi connectivity index (χ0v) is 33.1. The second kappa shape index (κ2) is 21.4. The second-order valence-electron chi connectivity index (χ2n) is 15.1. The predicted octanol–water partition coefficient (Wildman–Crippen LogP) is 12.1. The minimum absolute atomic E-state index is 0.471. The molecular formula is C42H66N6. The van der Waals surface area contributed by atoms with Gasteiger partial charge in [0.2, 0.25) is 0 Å². The van der Waals surface area contributed by atoms with Crippen LogP contribution in [0.5, 0.6) is 0 Å². The molecule has 4 aromatic heterocycles. The minimum Gasteiger partial charge on any atom is -0.264 e. The second-order valence-corrected chi connectivity index (χ2v) is 15.1. The Hall–Kier alpha value is -3.54. The van der Waals surface area contributed by atoms with Crippen LogP contribution in [-0.4, -0.2) is 30.1 Å². The number of nitrogens with zero attached hydrogens (tertiary/aromatic N) is 6. The molecule has 4 aromatic rings. The summed E-state index contributed by atoms with van der Waals surface area (Å²) in [6, 6.07) is 12.8. The van der Waals surface area contributed by atoms with Gasteiger partial charge in [-0.25, -0.2) is 9.97 Å². The maximum Gasteiger partial charge on any atom is 0.115 e. The van der Waals surface area contributed by atoms with E-state index >= 15 is 0 Å². The lowest BCUT2D eigenvalue weighted by Crippen LogP contribution is -1.99. The lowest BCUT2D eigenvalue weighted by atomic mass is 9.99. The Labute approximate surface area is 294 Å². The van der Waals surface area contributed by atoms with E-state index in [2.05, 4.69) is 177 Å². The fourth-order valence-electron chi connectivity index (χ4n) is 4.20. The summed E-state index contributed by atoms with van der Waals surface area (Å²) in [5.74, 6) is 4.20. The van der Waals surface area contributed by atoms with Crippen molar-refractivity contribution in [2.45, 2.75) is 158 Å². The summed E-state index contributed by atoms with van der Waals surface area (Å²) in [4.78, 5) is 17.0. The fourth-order valence-corrected chi connectivity index (χ4v) is 4.20. The average Bonchev–Trinajstić information content (AvgIpc) is 3.05. The number of pyridine rings is 2. The Bertz CT molecular complexity index is 1210. The van der Waals surface area contributed by atoms with E-state index in [1.807, 2.05) is 18.6 Å². The lowest BCUT2D eigenvalue weighted by Gasteiger charge is -2.09. The zero-order chi connectivity index (χ0) is 36.6. The molecule has 0 fully saturated rings. The van der Waals surface area contributed by atoms with Crippen molar-refractivity contribution in [2.24, 2.45) is 0 Å². The Morgan fingerprint density at radius 3 is 1.00 bits per heavy atom. The lowest BCUT2D eigenvalue weighted by molar-refractivity contribution is 0.733. The minimum atomic E-state index is 0.471. The standard InChI is InChI=1S/2C11H17N.2C10H16N2/c1-8(2)10-5-11(9(3)4)7-12-6-10;1-8(2)10-5-6-11(9(3)4)12-7-10;1-7(2)9-5-10(8(3)4)12-6-11-9;1-7(2)9-5-6-10(8(3)4)12-11-9/h2*5-9H,1-4H3;2*5-8H,1-4H3. The third kappa shape index (κ3) is 15.6. The van der Waals surface area contributed by atoms with E-state index in [9.17, 15) is 0 Å². The topological polar surface area (TPSA) is 77.3 Å². The van der Waals surface area contributed by atoms with Crippen molar-refractivity contribution in [3.05, 3.63) is 106 Å². The van der Waals surface area contributed by atoms with Crippen LogP contribution in [0, 0.1) is 0 Å². The van der Waals surface area contributed by atoms with Crippen molar-refractivity contribution in [1.29, 1.82) is 0 Å². The van der Waals surface area contributed by atoms with Crippen molar-refractivity contribution in [2.75, 3.05) is 0 Å². The molecule has 0 radical (unpaired) electrons. The van der Waals surface area contributed by atoms with Gasteiger partial charge in [-0.2, -0.15) is 10.2 Å². The van der Waals surface area contributed by atoms with Crippen LogP contribution in [0.4, 0.5) is 0 Å². The van der Waals surface area contributed by atoms with Crippen LogP contribution < -0.4 is 0 Å². The van der Waals surface area contributed by atoms with Crippen LogP contribution in [-0.2, 0) is 0 Å². The van der Waals surface area contributed by atoms with Gasteiger partial charge in [0, 0.05) is 35.7 Å². The first kappa shape index (κ1) is 42.5. The molecule has 0 spiro atoms. The largest absolute Gasteiger partial charge is 0.264 e. The highest BCUT2D eigenvalue weighted by Crippen LogP contribution is 2.20. The van der Waals surface area contributed by atoms with E-state index < -0.39 is 0 Å². The van der Waals surface area contributed by atoms with Crippen molar-refractivity contribution >= 4 is 0 Å². The molecule has 0 aliphatic carbocycles. The van der Waals surface area contributed by atoms with E-state index in [0.717, 1.165) is 22.8 Å². The van der Waals surface area contributed by atoms with Crippen LogP contribution >= 0.6 is 0 Å². The van der Waals surface area contributed by atoms with E-state index in [1.165, 1.54) is 22.4 Å². The first-order chi connectivity index (χ1) is 22.4. The molecule has 0 atom stereocenters. The zero-order valence-electron chi connectivity index (χ0n) is 33.1.